The summed E-state index contributed by atoms with van der Waals surface area (Å²) in [7, 11) is 0. The van der Waals surface area contributed by atoms with Crippen molar-refractivity contribution < 1.29 is 14.6 Å². The van der Waals surface area contributed by atoms with Gasteiger partial charge < -0.3 is 15.2 Å². The van der Waals surface area contributed by atoms with Crippen molar-refractivity contribution >= 4 is 5.91 Å². The lowest BCUT2D eigenvalue weighted by Crippen LogP contribution is -2.31. The molecule has 0 unspecified atom stereocenters. The number of pyridine rings is 1. The van der Waals surface area contributed by atoms with Crippen molar-refractivity contribution in [1.82, 2.24) is 20.1 Å². The van der Waals surface area contributed by atoms with Gasteiger partial charge in [-0.25, -0.2) is 9.67 Å². The van der Waals surface area contributed by atoms with Crippen LogP contribution in [0.3, 0.4) is 0 Å². The molecule has 2 aromatic heterocycles. The van der Waals surface area contributed by atoms with Gasteiger partial charge in [0, 0.05) is 17.5 Å². The minimum Gasteiger partial charge on any atom is -0.504 e. The molecule has 0 saturated carbocycles. The number of nitrogens with zero attached hydrogens (tertiary/aromatic N) is 3. The summed E-state index contributed by atoms with van der Waals surface area (Å²) in [5, 5.41) is 16.9. The molecule has 26 heavy (non-hydrogen) atoms. The Morgan fingerprint density at radius 2 is 2.04 bits per heavy atom. The van der Waals surface area contributed by atoms with Crippen molar-refractivity contribution in [3.8, 4) is 17.3 Å². The Balaban J connectivity index is 1.63. The van der Waals surface area contributed by atoms with Crippen LogP contribution in [0.5, 0.6) is 11.5 Å². The van der Waals surface area contributed by atoms with Gasteiger partial charge in [-0.2, -0.15) is 5.10 Å². The molecule has 0 aliphatic heterocycles. The Morgan fingerprint density at radius 1 is 1.27 bits per heavy atom. The highest BCUT2D eigenvalue weighted by Crippen LogP contribution is 2.24. The Bertz CT molecular complexity index is 893. The van der Waals surface area contributed by atoms with E-state index in [1.807, 2.05) is 32.0 Å². The van der Waals surface area contributed by atoms with Crippen molar-refractivity contribution in [3.05, 3.63) is 66.1 Å². The van der Waals surface area contributed by atoms with Gasteiger partial charge in [0.1, 0.15) is 0 Å². The van der Waals surface area contributed by atoms with E-state index in [0.717, 1.165) is 17.1 Å². The van der Waals surface area contributed by atoms with Crippen LogP contribution in [-0.4, -0.2) is 32.4 Å². The van der Waals surface area contributed by atoms with Crippen LogP contribution in [0.2, 0.25) is 0 Å². The van der Waals surface area contributed by atoms with Crippen LogP contribution < -0.4 is 10.1 Å². The molecule has 0 aliphatic carbocycles. The first-order chi connectivity index (χ1) is 12.6. The zero-order chi connectivity index (χ0) is 18.5. The predicted octanol–water partition coefficient (Wildman–Crippen LogP) is 2.54. The number of hydrogen-bond donors (Lipinski definition) is 2. The van der Waals surface area contributed by atoms with Crippen molar-refractivity contribution in [3.63, 3.8) is 0 Å². The van der Waals surface area contributed by atoms with Crippen molar-refractivity contribution in [2.75, 3.05) is 6.61 Å². The number of hydrogen-bond acceptors (Lipinski definition) is 5. The normalized spacial score (nSPS) is 11.8. The van der Waals surface area contributed by atoms with Crippen LogP contribution in [0.4, 0.5) is 0 Å². The third-order valence-electron chi connectivity index (χ3n) is 3.98. The zero-order valence-electron chi connectivity index (χ0n) is 14.6. The second kappa shape index (κ2) is 7.69. The van der Waals surface area contributed by atoms with Crippen molar-refractivity contribution in [2.45, 2.75) is 19.9 Å². The summed E-state index contributed by atoms with van der Waals surface area (Å²) in [4.78, 5) is 16.4. The van der Waals surface area contributed by atoms with E-state index in [1.165, 1.54) is 6.07 Å². The van der Waals surface area contributed by atoms with Crippen LogP contribution in [0.25, 0.3) is 5.82 Å². The third kappa shape index (κ3) is 3.83. The molecule has 0 radical (unpaired) electrons. The molecule has 2 N–H and O–H groups in total. The van der Waals surface area contributed by atoms with Crippen LogP contribution >= 0.6 is 0 Å². The minimum atomic E-state index is -0.286. The molecule has 0 bridgehead atoms. The number of phenols is 1. The number of rotatable bonds is 6. The third-order valence-corrected chi connectivity index (χ3v) is 3.98. The van der Waals surface area contributed by atoms with E-state index in [4.69, 9.17) is 4.74 Å². The first-order valence-electron chi connectivity index (χ1n) is 8.22. The molecular formula is C19H20N4O3. The molecule has 3 rings (SSSR count). The number of nitrogens with one attached hydrogen (secondary N) is 1. The van der Waals surface area contributed by atoms with Crippen molar-refractivity contribution in [2.24, 2.45) is 0 Å². The van der Waals surface area contributed by atoms with E-state index in [2.05, 4.69) is 15.4 Å². The molecule has 3 aromatic rings. The van der Waals surface area contributed by atoms with Crippen LogP contribution in [0.15, 0.2) is 54.9 Å². The van der Waals surface area contributed by atoms with Gasteiger partial charge in [0.25, 0.3) is 5.91 Å². The van der Waals surface area contributed by atoms with Gasteiger partial charge in [0.2, 0.25) is 0 Å². The molecule has 7 nitrogen and oxygen atoms in total. The maximum atomic E-state index is 12.1. The Labute approximate surface area is 151 Å². The number of carbonyl (C=O) groups excluding carboxylic acids is 1. The fourth-order valence-corrected chi connectivity index (χ4v) is 2.64. The molecule has 1 amide bonds. The summed E-state index contributed by atoms with van der Waals surface area (Å²) in [5.41, 5.74) is 1.80. The van der Waals surface area contributed by atoms with Gasteiger partial charge in [-0.05, 0) is 38.1 Å². The molecule has 1 atom stereocenters. The van der Waals surface area contributed by atoms with E-state index in [1.54, 1.807) is 35.3 Å². The summed E-state index contributed by atoms with van der Waals surface area (Å²) in [6, 6.07) is 11.9. The van der Waals surface area contributed by atoms with E-state index in [9.17, 15) is 9.90 Å². The number of amides is 1. The molecule has 0 fully saturated rings. The lowest BCUT2D eigenvalue weighted by Gasteiger charge is -2.14. The average Bonchev–Trinajstić information content (AvgIpc) is 3.03. The zero-order valence-corrected chi connectivity index (χ0v) is 14.6. The maximum absolute atomic E-state index is 12.1. The van der Waals surface area contributed by atoms with E-state index in [0.29, 0.717) is 0 Å². The first-order valence-corrected chi connectivity index (χ1v) is 8.22. The molecule has 2 heterocycles. The number of para-hydroxylation sites is 2. The van der Waals surface area contributed by atoms with E-state index >= 15 is 0 Å². The molecular weight excluding hydrogens is 332 g/mol. The quantitative estimate of drug-likeness (QED) is 0.712. The van der Waals surface area contributed by atoms with E-state index in [-0.39, 0.29) is 30.1 Å². The summed E-state index contributed by atoms with van der Waals surface area (Å²) in [5.74, 6) is 0.707. The Morgan fingerprint density at radius 3 is 2.77 bits per heavy atom. The Hall–Kier alpha value is -3.35. The van der Waals surface area contributed by atoms with Crippen LogP contribution in [-0.2, 0) is 4.79 Å². The summed E-state index contributed by atoms with van der Waals surface area (Å²) in [6.07, 6.45) is 3.43. The second-order valence-electron chi connectivity index (χ2n) is 5.83. The number of ether oxygens (including phenoxy) is 1. The fraction of sp³-hybridized carbons (Fsp3) is 0.211. The summed E-state index contributed by atoms with van der Waals surface area (Å²) in [6.45, 7) is 3.62. The lowest BCUT2D eigenvalue weighted by molar-refractivity contribution is -0.123. The maximum Gasteiger partial charge on any atom is 0.258 e. The molecule has 0 spiro atoms. The second-order valence-corrected chi connectivity index (χ2v) is 5.83. The van der Waals surface area contributed by atoms with E-state index < -0.39 is 0 Å². The Kier molecular flexibility index (Phi) is 5.17. The topological polar surface area (TPSA) is 89.3 Å². The largest absolute Gasteiger partial charge is 0.504 e. The molecule has 7 heteroatoms. The SMILES string of the molecule is Cc1c([C@@H](C)NC(=O)COc2ccccc2O)cnn1-c1ccccn1. The van der Waals surface area contributed by atoms with Crippen molar-refractivity contribution in [1.29, 1.82) is 0 Å². The first kappa shape index (κ1) is 17.5. The number of phenolic OH excluding ortho intramolecular Hbond substituents is 1. The highest BCUT2D eigenvalue weighted by atomic mass is 16.5. The van der Waals surface area contributed by atoms with Gasteiger partial charge >= 0.3 is 0 Å². The summed E-state index contributed by atoms with van der Waals surface area (Å²) >= 11 is 0. The summed E-state index contributed by atoms with van der Waals surface area (Å²) < 4.78 is 7.08. The van der Waals surface area contributed by atoms with Gasteiger partial charge in [-0.3, -0.25) is 4.79 Å². The van der Waals surface area contributed by atoms with Gasteiger partial charge in [-0.1, -0.05) is 18.2 Å². The lowest BCUT2D eigenvalue weighted by atomic mass is 10.1. The minimum absolute atomic E-state index is 0.000769. The average molecular weight is 352 g/mol. The number of aromatic hydroxyl groups is 1. The molecule has 1 aromatic carbocycles. The van der Waals surface area contributed by atoms with Crippen LogP contribution in [0.1, 0.15) is 24.2 Å². The number of benzene rings is 1. The van der Waals surface area contributed by atoms with Gasteiger partial charge in [0.05, 0.1) is 12.2 Å². The highest BCUT2D eigenvalue weighted by molar-refractivity contribution is 5.78. The fourth-order valence-electron chi connectivity index (χ4n) is 2.64. The molecule has 134 valence electrons. The van der Waals surface area contributed by atoms with Crippen LogP contribution in [0, 0.1) is 6.92 Å². The van der Waals surface area contributed by atoms with Gasteiger partial charge in [-0.15, -0.1) is 0 Å². The standard InChI is InChI=1S/C19H20N4O3/c1-13(22-19(25)12-26-17-8-4-3-7-16(17)24)15-11-21-23(14(15)2)18-9-5-6-10-20-18/h3-11,13,24H,12H2,1-2H3,(H,22,25)/t13-/m1/s1. The predicted molar refractivity (Wildman–Crippen MR) is 96.3 cm³/mol. The molecule has 0 saturated heterocycles. The smallest absolute Gasteiger partial charge is 0.258 e. The number of carbonyl (C=O) groups is 1. The molecule has 0 aliphatic rings. The van der Waals surface area contributed by atoms with Gasteiger partial charge in [0.15, 0.2) is 23.9 Å². The number of aromatic nitrogens is 3. The highest BCUT2D eigenvalue weighted by Gasteiger charge is 2.17. The monoisotopic (exact) mass is 352 g/mol.